The maximum Gasteiger partial charge on any atom is 0.0296 e. The molecule has 0 aliphatic heterocycles. The van der Waals surface area contributed by atoms with Crippen LogP contribution in [0.3, 0.4) is 0 Å². The zero-order valence-corrected chi connectivity index (χ0v) is 10.5. The lowest BCUT2D eigenvalue weighted by Crippen LogP contribution is -2.24. The van der Waals surface area contributed by atoms with Crippen molar-refractivity contribution in [1.82, 2.24) is 9.80 Å². The van der Waals surface area contributed by atoms with E-state index < -0.39 is 0 Å². The third-order valence-electron chi connectivity index (χ3n) is 1.57. The molecule has 0 aromatic heterocycles. The van der Waals surface area contributed by atoms with Crippen molar-refractivity contribution in [3.05, 3.63) is 22.8 Å². The van der Waals surface area contributed by atoms with Crippen LogP contribution in [0.1, 0.15) is 6.92 Å². The van der Waals surface area contributed by atoms with E-state index >= 15 is 0 Å². The highest BCUT2D eigenvalue weighted by atomic mass is 79.9. The Kier molecular flexibility index (Phi) is 7.00. The van der Waals surface area contributed by atoms with Gasteiger partial charge in [0.15, 0.2) is 0 Å². The largest absolute Gasteiger partial charge is 0.379 e. The average molecular weight is 247 g/mol. The van der Waals surface area contributed by atoms with Crippen molar-refractivity contribution in [3.63, 3.8) is 0 Å². The predicted octanol–water partition coefficient (Wildman–Crippen LogP) is 2.29. The molecule has 0 unspecified atom stereocenters. The topological polar surface area (TPSA) is 6.48 Å². The number of allylic oxidation sites excluding steroid dienone is 3. The molecule has 0 spiro atoms. The summed E-state index contributed by atoms with van der Waals surface area (Å²) in [6.07, 6.45) is 6.15. The molecule has 0 rings (SSSR count). The molecule has 13 heavy (non-hydrogen) atoms. The highest BCUT2D eigenvalue weighted by Gasteiger charge is 1.91. The lowest BCUT2D eigenvalue weighted by molar-refractivity contribution is 0.340. The maximum absolute atomic E-state index is 3.37. The first-order chi connectivity index (χ1) is 6.02. The molecular formula is C10H19BrN2. The second-order valence-corrected chi connectivity index (χ2v) is 4.63. The van der Waals surface area contributed by atoms with Crippen LogP contribution in [-0.2, 0) is 0 Å². The van der Waals surface area contributed by atoms with Crippen molar-refractivity contribution in [1.29, 1.82) is 0 Å². The van der Waals surface area contributed by atoms with Gasteiger partial charge in [-0.3, -0.25) is 0 Å². The molecule has 76 valence electrons. The fraction of sp³-hybridized carbons (Fsp3) is 0.600. The molecule has 0 saturated heterocycles. The third-order valence-corrected chi connectivity index (χ3v) is 1.83. The molecule has 0 aromatic rings. The number of likely N-dealkylation sites (N-methyl/N-ethyl adjacent to an activating group) is 2. The van der Waals surface area contributed by atoms with E-state index in [0.29, 0.717) is 0 Å². The Bertz CT molecular complexity index is 181. The Morgan fingerprint density at radius 2 is 1.85 bits per heavy atom. The molecule has 0 atom stereocenters. The van der Waals surface area contributed by atoms with Gasteiger partial charge in [0, 0.05) is 20.1 Å². The molecule has 0 saturated carbocycles. The lowest BCUT2D eigenvalue weighted by Gasteiger charge is -2.16. The summed E-state index contributed by atoms with van der Waals surface area (Å²) in [6, 6.07) is 0. The summed E-state index contributed by atoms with van der Waals surface area (Å²) in [7, 11) is 6.25. The second-order valence-electron chi connectivity index (χ2n) is 3.38. The minimum Gasteiger partial charge on any atom is -0.379 e. The quantitative estimate of drug-likeness (QED) is 0.688. The van der Waals surface area contributed by atoms with Gasteiger partial charge in [0.05, 0.1) is 0 Å². The van der Waals surface area contributed by atoms with Crippen molar-refractivity contribution >= 4 is 15.9 Å². The zero-order chi connectivity index (χ0) is 10.3. The first-order valence-electron chi connectivity index (χ1n) is 4.38. The molecule has 3 heteroatoms. The van der Waals surface area contributed by atoms with Crippen LogP contribution in [0.2, 0.25) is 0 Å². The van der Waals surface area contributed by atoms with Gasteiger partial charge >= 0.3 is 0 Å². The molecule has 0 aliphatic carbocycles. The number of rotatable bonds is 5. The molecule has 0 aliphatic rings. The summed E-state index contributed by atoms with van der Waals surface area (Å²) < 4.78 is 1.14. The van der Waals surface area contributed by atoms with Crippen LogP contribution in [-0.4, -0.2) is 44.0 Å². The fourth-order valence-corrected chi connectivity index (χ4v) is 0.907. The van der Waals surface area contributed by atoms with Crippen molar-refractivity contribution in [2.45, 2.75) is 6.92 Å². The van der Waals surface area contributed by atoms with E-state index in [9.17, 15) is 0 Å². The van der Waals surface area contributed by atoms with Gasteiger partial charge in [-0.1, -0.05) is 22.0 Å². The number of nitrogens with zero attached hydrogens (tertiary/aromatic N) is 2. The van der Waals surface area contributed by atoms with E-state index in [-0.39, 0.29) is 0 Å². The average Bonchev–Trinajstić information content (AvgIpc) is 2.00. The molecule has 0 bridgehead atoms. The van der Waals surface area contributed by atoms with E-state index in [2.05, 4.69) is 53.1 Å². The Balaban J connectivity index is 3.67. The molecule has 0 radical (unpaired) electrons. The normalized spacial score (nSPS) is 12.9. The Hall–Kier alpha value is -0.280. The molecule has 0 N–H and O–H groups in total. The van der Waals surface area contributed by atoms with Gasteiger partial charge in [0.1, 0.15) is 0 Å². The molecule has 0 fully saturated rings. The fourth-order valence-electron chi connectivity index (χ4n) is 0.755. The first kappa shape index (κ1) is 12.7. The van der Waals surface area contributed by atoms with Crippen LogP contribution in [0.5, 0.6) is 0 Å². The van der Waals surface area contributed by atoms with Crippen LogP contribution in [0.4, 0.5) is 0 Å². The van der Waals surface area contributed by atoms with Gasteiger partial charge in [0.2, 0.25) is 0 Å². The number of hydrogen-bond donors (Lipinski definition) is 0. The van der Waals surface area contributed by atoms with Gasteiger partial charge in [-0.05, 0) is 37.8 Å². The molecule has 0 heterocycles. The van der Waals surface area contributed by atoms with Gasteiger partial charge in [-0.2, -0.15) is 0 Å². The zero-order valence-electron chi connectivity index (χ0n) is 8.92. The molecule has 0 amide bonds. The van der Waals surface area contributed by atoms with E-state index in [4.69, 9.17) is 0 Å². The summed E-state index contributed by atoms with van der Waals surface area (Å²) in [5.74, 6) is 0. The summed E-state index contributed by atoms with van der Waals surface area (Å²) in [4.78, 5) is 4.35. The monoisotopic (exact) mass is 246 g/mol. The standard InChI is InChI=1S/C10H19BrN2/c1-10(11)6-5-7-13(4)9-8-12(2)3/h5-7H,8-9H2,1-4H3/b7-5+,10-6+. The van der Waals surface area contributed by atoms with Crippen molar-refractivity contribution in [3.8, 4) is 0 Å². The Morgan fingerprint density at radius 1 is 1.23 bits per heavy atom. The van der Waals surface area contributed by atoms with E-state index in [0.717, 1.165) is 17.6 Å². The summed E-state index contributed by atoms with van der Waals surface area (Å²) in [6.45, 7) is 4.15. The van der Waals surface area contributed by atoms with Crippen LogP contribution in [0, 0.1) is 0 Å². The lowest BCUT2D eigenvalue weighted by atomic mass is 10.4. The van der Waals surface area contributed by atoms with E-state index in [1.165, 1.54) is 0 Å². The van der Waals surface area contributed by atoms with Gasteiger partial charge < -0.3 is 9.80 Å². The van der Waals surface area contributed by atoms with Crippen LogP contribution in [0.15, 0.2) is 22.8 Å². The van der Waals surface area contributed by atoms with Gasteiger partial charge in [-0.15, -0.1) is 0 Å². The highest BCUT2D eigenvalue weighted by molar-refractivity contribution is 9.11. The van der Waals surface area contributed by atoms with Crippen LogP contribution < -0.4 is 0 Å². The molecular weight excluding hydrogens is 228 g/mol. The van der Waals surface area contributed by atoms with Crippen molar-refractivity contribution < 1.29 is 0 Å². The number of halogens is 1. The van der Waals surface area contributed by atoms with Gasteiger partial charge in [-0.25, -0.2) is 0 Å². The number of hydrogen-bond acceptors (Lipinski definition) is 2. The van der Waals surface area contributed by atoms with Crippen molar-refractivity contribution in [2.75, 3.05) is 34.2 Å². The highest BCUT2D eigenvalue weighted by Crippen LogP contribution is 2.01. The Morgan fingerprint density at radius 3 is 2.31 bits per heavy atom. The van der Waals surface area contributed by atoms with Crippen molar-refractivity contribution in [2.24, 2.45) is 0 Å². The molecule has 0 aromatic carbocycles. The van der Waals surface area contributed by atoms with Crippen LogP contribution >= 0.6 is 15.9 Å². The maximum atomic E-state index is 3.37. The Labute approximate surface area is 90.0 Å². The first-order valence-corrected chi connectivity index (χ1v) is 5.17. The van der Waals surface area contributed by atoms with E-state index in [1.807, 2.05) is 19.1 Å². The van der Waals surface area contributed by atoms with E-state index in [1.54, 1.807) is 0 Å². The summed E-state index contributed by atoms with van der Waals surface area (Å²) in [5.41, 5.74) is 0. The predicted molar refractivity (Wildman–Crippen MR) is 63.0 cm³/mol. The summed E-state index contributed by atoms with van der Waals surface area (Å²) >= 11 is 3.37. The SMILES string of the molecule is C/C(Br)=C\C=C\N(C)CCN(C)C. The van der Waals surface area contributed by atoms with Crippen LogP contribution in [0.25, 0.3) is 0 Å². The minimum absolute atomic E-state index is 1.05. The van der Waals surface area contributed by atoms with Gasteiger partial charge in [0.25, 0.3) is 0 Å². The minimum atomic E-state index is 1.05. The third kappa shape index (κ3) is 9.64. The smallest absolute Gasteiger partial charge is 0.0296 e. The second kappa shape index (κ2) is 7.15. The summed E-state index contributed by atoms with van der Waals surface area (Å²) in [5, 5.41) is 0. The molecule has 2 nitrogen and oxygen atoms in total.